The molecule has 2 aromatic rings. The molecule has 0 spiro atoms. The van der Waals surface area contributed by atoms with E-state index >= 15 is 0 Å². The first-order chi connectivity index (χ1) is 29.5. The van der Waals surface area contributed by atoms with E-state index in [1.54, 1.807) is 0 Å². The molecule has 8 rings (SSSR count). The molecule has 66 heavy (non-hydrogen) atoms. The van der Waals surface area contributed by atoms with Gasteiger partial charge in [0.15, 0.2) is 0 Å². The molecule has 0 radical (unpaired) electrons. The number of allylic oxidation sites excluding steroid dienone is 16. The molecule has 0 nitrogen and oxygen atoms in total. The molecule has 9 atom stereocenters. The predicted molar refractivity (Wildman–Crippen MR) is 248 cm³/mol. The Bertz CT molecular complexity index is 2330. The maximum absolute atomic E-state index is 12.7. The summed E-state index contributed by atoms with van der Waals surface area (Å²) < 4.78 is 76.7. The van der Waals surface area contributed by atoms with E-state index in [9.17, 15) is 26.3 Å². The maximum atomic E-state index is 12.7. The molecular weight excluding hydrogens is 961 g/mol. The number of halogens is 8. The minimum absolute atomic E-state index is 0. The number of hydrogen-bond acceptors (Lipinski definition) is 0. The van der Waals surface area contributed by atoms with Crippen molar-refractivity contribution in [2.45, 2.75) is 115 Å². The van der Waals surface area contributed by atoms with Gasteiger partial charge in [0.2, 0.25) is 0 Å². The van der Waals surface area contributed by atoms with Gasteiger partial charge >= 0.3 is 137 Å². The second-order valence-corrected chi connectivity index (χ2v) is 22.4. The van der Waals surface area contributed by atoms with Crippen molar-refractivity contribution >= 4 is 3.21 Å². The molecule has 2 fully saturated rings. The Kier molecular flexibility index (Phi) is 16.3. The fourth-order valence-electron chi connectivity index (χ4n) is 12.7. The molecule has 2 aromatic carbocycles. The van der Waals surface area contributed by atoms with Crippen molar-refractivity contribution in [1.82, 2.24) is 0 Å². The van der Waals surface area contributed by atoms with Crippen molar-refractivity contribution < 1.29 is 75.4 Å². The summed E-state index contributed by atoms with van der Waals surface area (Å²) in [6.07, 6.45) is 32.2. The van der Waals surface area contributed by atoms with E-state index in [4.69, 9.17) is 0 Å². The minimum atomic E-state index is -4.49. The van der Waals surface area contributed by atoms with Crippen molar-refractivity contribution in [3.05, 3.63) is 173 Å². The Morgan fingerprint density at radius 1 is 0.697 bits per heavy atom. The van der Waals surface area contributed by atoms with Crippen LogP contribution in [0.25, 0.3) is 0 Å². The molecular formula is C57H66Cl2F6Zr-2. The Labute approximate surface area is 419 Å². The molecule has 0 saturated heterocycles. The van der Waals surface area contributed by atoms with Gasteiger partial charge in [-0.25, -0.2) is 6.08 Å². The topological polar surface area (TPSA) is 0 Å². The summed E-state index contributed by atoms with van der Waals surface area (Å²) in [5.74, 6) is 1.05. The Hall–Kier alpha value is -2.73. The van der Waals surface area contributed by atoms with E-state index in [0.29, 0.717) is 20.5 Å². The van der Waals surface area contributed by atoms with Gasteiger partial charge in [0.25, 0.3) is 0 Å². The average molecular weight is 1030 g/mol. The largest absolute Gasteiger partial charge is 1.00 e. The van der Waals surface area contributed by atoms with E-state index in [2.05, 4.69) is 175 Å². The average Bonchev–Trinajstić information content (AvgIpc) is 3.80. The third-order valence-corrected chi connectivity index (χ3v) is 19.0. The summed E-state index contributed by atoms with van der Waals surface area (Å²) in [5.41, 5.74) is 2.38. The maximum Gasteiger partial charge on any atom is -1.00 e. The molecule has 0 bridgehead atoms. The number of fused-ring (bicyclic) bond motifs is 8. The third kappa shape index (κ3) is 8.67. The van der Waals surface area contributed by atoms with E-state index in [0.717, 1.165) is 48.5 Å². The zero-order valence-corrected chi connectivity index (χ0v) is 44.5. The number of alkyl halides is 6. The van der Waals surface area contributed by atoms with Crippen LogP contribution >= 0.6 is 0 Å². The molecule has 0 amide bonds. The fourth-order valence-corrected chi connectivity index (χ4v) is 13.4. The predicted octanol–water partition coefficient (Wildman–Crippen LogP) is 10.6. The number of benzene rings is 2. The quantitative estimate of drug-likeness (QED) is 0.207. The summed E-state index contributed by atoms with van der Waals surface area (Å²) in [7, 11) is 0. The van der Waals surface area contributed by atoms with Crippen LogP contribution in [0.5, 0.6) is 0 Å². The normalized spacial score (nSPS) is 34.4. The summed E-state index contributed by atoms with van der Waals surface area (Å²) >= 11 is 0.729. The van der Waals surface area contributed by atoms with Gasteiger partial charge < -0.3 is 31.2 Å². The van der Waals surface area contributed by atoms with Gasteiger partial charge in [0, 0.05) is 10.8 Å². The Balaban J connectivity index is 0.000000229. The van der Waals surface area contributed by atoms with Crippen LogP contribution < -0.4 is 24.8 Å². The van der Waals surface area contributed by atoms with Gasteiger partial charge in [-0.1, -0.05) is 173 Å². The van der Waals surface area contributed by atoms with E-state index in [-0.39, 0.29) is 73.8 Å². The summed E-state index contributed by atoms with van der Waals surface area (Å²) in [6.45, 7) is 29.3. The zero-order valence-electron chi connectivity index (χ0n) is 40.5. The molecule has 0 N–H and O–H groups in total. The first-order valence-corrected chi connectivity index (χ1v) is 24.0. The van der Waals surface area contributed by atoms with Crippen LogP contribution in [0.15, 0.2) is 139 Å². The monoisotopic (exact) mass is 1020 g/mol. The first-order valence-electron chi connectivity index (χ1n) is 22.7. The van der Waals surface area contributed by atoms with Gasteiger partial charge in [-0.15, -0.1) is 17.4 Å². The van der Waals surface area contributed by atoms with Crippen molar-refractivity contribution in [1.29, 1.82) is 0 Å². The third-order valence-electron chi connectivity index (χ3n) is 17.6. The second-order valence-electron chi connectivity index (χ2n) is 21.2. The molecule has 6 aliphatic rings. The summed E-state index contributed by atoms with van der Waals surface area (Å²) in [6, 6.07) is 9.16. The smallest absolute Gasteiger partial charge is 1.00 e. The SMILES string of the molecule is CC1=CC=CC2[CH-]C3(C)C4(C)C=CC=CC4(C)C4(C)C=CC=CC4(C)C3(C)C12C.CCCCC1[C-]=CC(C(C)(C)C)=C1.FC(F)(F)c1cccc([C](=[Zr+2])c2cccc(C(F)(F)F)c2)c1.[Cl-].[Cl-]. The molecule has 2 saturated carbocycles. The van der Waals surface area contributed by atoms with Crippen LogP contribution in [0, 0.1) is 67.7 Å². The fraction of sp³-hybridized carbons (Fsp3) is 0.474. The molecule has 0 aromatic heterocycles. The molecule has 356 valence electrons. The van der Waals surface area contributed by atoms with E-state index in [1.807, 2.05) is 0 Å². The summed E-state index contributed by atoms with van der Waals surface area (Å²) in [5, 5.41) is 0. The van der Waals surface area contributed by atoms with Gasteiger partial charge in [-0.05, 0) is 28.6 Å². The minimum Gasteiger partial charge on any atom is -1.00 e. The van der Waals surface area contributed by atoms with Crippen LogP contribution in [-0.2, 0) is 36.6 Å². The van der Waals surface area contributed by atoms with Crippen LogP contribution in [0.2, 0.25) is 0 Å². The Morgan fingerprint density at radius 2 is 1.17 bits per heavy atom. The van der Waals surface area contributed by atoms with Crippen LogP contribution in [0.1, 0.15) is 125 Å². The van der Waals surface area contributed by atoms with Crippen LogP contribution in [-0.4, -0.2) is 3.21 Å². The van der Waals surface area contributed by atoms with Crippen LogP contribution in [0.3, 0.4) is 0 Å². The van der Waals surface area contributed by atoms with Crippen molar-refractivity contribution in [3.63, 3.8) is 0 Å². The van der Waals surface area contributed by atoms with Crippen molar-refractivity contribution in [3.8, 4) is 0 Å². The molecule has 0 heterocycles. The standard InChI is InChI=1S/C29H37.C15H8F6.C13H21.2ClH.Zr/c1-21-14-13-15-22-20-27(6)25(4)18-10-9-16-23(25,2)24(3)17-11-12-19-26(24,5)29(27,8)28(21,22)7;16-14(17,18)12-5-1-3-10(8-12)7-11-4-2-6-13(9-11)15(19,20)21;1-5-6-7-11-8-9-12(10-11)13(2,3)4;;;/h9-20,22H,1-8H3;1-6,8-9H;9-11H,5-7H2,1-4H3;2*1H;/q-1;;-1;;;+2/p-2. The number of hydrogen-bond donors (Lipinski definition) is 0. The van der Waals surface area contributed by atoms with Crippen molar-refractivity contribution in [2.24, 2.45) is 55.2 Å². The Morgan fingerprint density at radius 3 is 1.62 bits per heavy atom. The number of rotatable bonds is 5. The second kappa shape index (κ2) is 19.2. The first kappa shape index (κ1) is 55.9. The van der Waals surface area contributed by atoms with Gasteiger partial charge in [0.05, 0.1) is 0 Å². The van der Waals surface area contributed by atoms with E-state index in [1.165, 1.54) is 54.7 Å². The zero-order chi connectivity index (χ0) is 47.6. The van der Waals surface area contributed by atoms with Crippen LogP contribution in [0.4, 0.5) is 26.3 Å². The van der Waals surface area contributed by atoms with Gasteiger partial charge in [-0.3, -0.25) is 6.08 Å². The van der Waals surface area contributed by atoms with Gasteiger partial charge in [-0.2, -0.15) is 11.6 Å². The van der Waals surface area contributed by atoms with E-state index < -0.39 is 23.5 Å². The molecule has 9 heteroatoms. The van der Waals surface area contributed by atoms with Gasteiger partial charge in [0.1, 0.15) is 0 Å². The number of unbranched alkanes of at least 4 members (excludes halogenated alkanes) is 1. The summed E-state index contributed by atoms with van der Waals surface area (Å²) in [4.78, 5) is 0. The molecule has 9 unspecified atom stereocenters. The molecule has 0 aliphatic heterocycles. The molecule has 6 aliphatic carbocycles. The van der Waals surface area contributed by atoms with Crippen molar-refractivity contribution in [2.75, 3.05) is 0 Å².